The van der Waals surface area contributed by atoms with Gasteiger partial charge in [-0.1, -0.05) is 16.8 Å². The van der Waals surface area contributed by atoms with Crippen LogP contribution in [0, 0.1) is 17.1 Å². The Morgan fingerprint density at radius 2 is 2.29 bits per heavy atom. The van der Waals surface area contributed by atoms with E-state index in [2.05, 4.69) is 10.1 Å². The molecule has 0 atom stereocenters. The van der Waals surface area contributed by atoms with Gasteiger partial charge in [0.1, 0.15) is 5.82 Å². The van der Waals surface area contributed by atoms with Crippen molar-refractivity contribution in [3.63, 3.8) is 0 Å². The van der Waals surface area contributed by atoms with Crippen molar-refractivity contribution < 1.29 is 8.91 Å². The highest BCUT2D eigenvalue weighted by molar-refractivity contribution is 6.31. The Kier molecular flexibility index (Phi) is 3.35. The zero-order valence-corrected chi connectivity index (χ0v) is 9.41. The average Bonchev–Trinajstić information content (AvgIpc) is 2.79. The van der Waals surface area contributed by atoms with Crippen LogP contribution in [0.1, 0.15) is 12.3 Å². The Labute approximate surface area is 102 Å². The van der Waals surface area contributed by atoms with Crippen LogP contribution in [0.2, 0.25) is 5.02 Å². The van der Waals surface area contributed by atoms with E-state index in [4.69, 9.17) is 21.4 Å². The predicted molar refractivity (Wildman–Crippen MR) is 58.6 cm³/mol. The van der Waals surface area contributed by atoms with Gasteiger partial charge in [0.15, 0.2) is 0 Å². The third kappa shape index (κ3) is 2.60. The second-order valence-electron chi connectivity index (χ2n) is 3.30. The van der Waals surface area contributed by atoms with Crippen LogP contribution in [0.5, 0.6) is 0 Å². The van der Waals surface area contributed by atoms with Gasteiger partial charge >= 0.3 is 0 Å². The van der Waals surface area contributed by atoms with Crippen molar-refractivity contribution in [2.45, 2.75) is 12.8 Å². The van der Waals surface area contributed by atoms with Crippen molar-refractivity contribution in [1.82, 2.24) is 10.1 Å². The summed E-state index contributed by atoms with van der Waals surface area (Å²) in [7, 11) is 0. The number of nitriles is 1. The van der Waals surface area contributed by atoms with Crippen LogP contribution in [0.25, 0.3) is 11.4 Å². The summed E-state index contributed by atoms with van der Waals surface area (Å²) in [5.74, 6) is 0.213. The molecule has 0 bridgehead atoms. The van der Waals surface area contributed by atoms with Gasteiger partial charge in [0.05, 0.1) is 11.1 Å². The molecule has 1 aromatic carbocycles. The van der Waals surface area contributed by atoms with E-state index in [0.29, 0.717) is 30.1 Å². The molecule has 2 aromatic rings. The molecule has 0 aliphatic carbocycles. The highest BCUT2D eigenvalue weighted by Crippen LogP contribution is 2.22. The van der Waals surface area contributed by atoms with Crippen molar-refractivity contribution in [1.29, 1.82) is 5.26 Å². The van der Waals surface area contributed by atoms with Gasteiger partial charge in [0, 0.05) is 18.4 Å². The van der Waals surface area contributed by atoms with E-state index in [9.17, 15) is 4.39 Å². The van der Waals surface area contributed by atoms with Crippen molar-refractivity contribution in [2.75, 3.05) is 0 Å². The minimum absolute atomic E-state index is 0.00544. The standard InChI is InChI=1S/C11H7ClFN3O/c12-8-6-7(3-4-9(8)13)11-15-10(17-16-11)2-1-5-14/h3-4,6H,1-2H2. The number of aromatic nitrogens is 2. The topological polar surface area (TPSA) is 62.7 Å². The fourth-order valence-electron chi connectivity index (χ4n) is 1.27. The molecule has 86 valence electrons. The van der Waals surface area contributed by atoms with Crippen molar-refractivity contribution >= 4 is 11.6 Å². The quantitative estimate of drug-likeness (QED) is 0.841. The van der Waals surface area contributed by atoms with Gasteiger partial charge in [-0.15, -0.1) is 0 Å². The smallest absolute Gasteiger partial charge is 0.227 e. The fraction of sp³-hybridized carbons (Fsp3) is 0.182. The molecule has 0 spiro atoms. The van der Waals surface area contributed by atoms with Crippen molar-refractivity contribution in [3.8, 4) is 17.5 Å². The van der Waals surface area contributed by atoms with Crippen LogP contribution in [-0.2, 0) is 6.42 Å². The summed E-state index contributed by atoms with van der Waals surface area (Å²) in [6, 6.07) is 6.16. The molecule has 0 unspecified atom stereocenters. The SMILES string of the molecule is N#CCCc1nc(-c2ccc(F)c(Cl)c2)no1. The maximum absolute atomic E-state index is 13.0. The molecule has 0 fully saturated rings. The van der Waals surface area contributed by atoms with Crippen molar-refractivity contribution in [2.24, 2.45) is 0 Å². The summed E-state index contributed by atoms with van der Waals surface area (Å²) in [6.45, 7) is 0. The van der Waals surface area contributed by atoms with E-state index in [-0.39, 0.29) is 5.02 Å². The van der Waals surface area contributed by atoms with Gasteiger partial charge in [-0.25, -0.2) is 4.39 Å². The molecule has 0 aliphatic rings. The largest absolute Gasteiger partial charge is 0.339 e. The molecule has 4 nitrogen and oxygen atoms in total. The molecule has 0 aliphatic heterocycles. The van der Waals surface area contributed by atoms with Gasteiger partial charge in [-0.2, -0.15) is 10.2 Å². The normalized spacial score (nSPS) is 10.2. The Morgan fingerprint density at radius 1 is 1.47 bits per heavy atom. The maximum Gasteiger partial charge on any atom is 0.227 e. The number of nitrogens with zero attached hydrogens (tertiary/aromatic N) is 3. The van der Waals surface area contributed by atoms with E-state index in [1.54, 1.807) is 0 Å². The predicted octanol–water partition coefficient (Wildman–Crippen LogP) is 2.99. The molecular weight excluding hydrogens is 245 g/mol. The Hall–Kier alpha value is -1.93. The van der Waals surface area contributed by atoms with E-state index in [0.717, 1.165) is 0 Å². The van der Waals surface area contributed by atoms with Gasteiger partial charge in [0.25, 0.3) is 0 Å². The number of hydrogen-bond donors (Lipinski definition) is 0. The van der Waals surface area contributed by atoms with Crippen LogP contribution < -0.4 is 0 Å². The minimum Gasteiger partial charge on any atom is -0.339 e. The second kappa shape index (κ2) is 4.93. The van der Waals surface area contributed by atoms with E-state index < -0.39 is 5.82 Å². The van der Waals surface area contributed by atoms with Gasteiger partial charge in [-0.05, 0) is 18.2 Å². The second-order valence-corrected chi connectivity index (χ2v) is 3.71. The summed E-state index contributed by atoms with van der Waals surface area (Å²) in [5, 5.41) is 12.2. The minimum atomic E-state index is -0.497. The lowest BCUT2D eigenvalue weighted by Crippen LogP contribution is -1.85. The molecule has 1 heterocycles. The van der Waals surface area contributed by atoms with Crippen molar-refractivity contribution in [3.05, 3.63) is 34.9 Å². The summed E-state index contributed by atoms with van der Waals surface area (Å²) >= 11 is 5.65. The lowest BCUT2D eigenvalue weighted by atomic mass is 10.2. The Morgan fingerprint density at radius 3 is 3.00 bits per heavy atom. The first-order valence-electron chi connectivity index (χ1n) is 4.85. The molecule has 0 saturated heterocycles. The number of aryl methyl sites for hydroxylation is 1. The zero-order valence-electron chi connectivity index (χ0n) is 8.65. The fourth-order valence-corrected chi connectivity index (χ4v) is 1.45. The number of benzene rings is 1. The summed E-state index contributed by atoms with van der Waals surface area (Å²) < 4.78 is 17.9. The molecular formula is C11H7ClFN3O. The Balaban J connectivity index is 2.25. The highest BCUT2D eigenvalue weighted by Gasteiger charge is 2.10. The Bertz CT molecular complexity index is 576. The molecule has 1 aromatic heterocycles. The van der Waals surface area contributed by atoms with Crippen LogP contribution in [0.3, 0.4) is 0 Å². The first-order chi connectivity index (χ1) is 8.20. The summed E-state index contributed by atoms with van der Waals surface area (Å²) in [5.41, 5.74) is 0.573. The monoisotopic (exact) mass is 251 g/mol. The number of hydrogen-bond acceptors (Lipinski definition) is 4. The molecule has 17 heavy (non-hydrogen) atoms. The summed E-state index contributed by atoms with van der Waals surface area (Å²) in [6.07, 6.45) is 0.713. The van der Waals surface area contributed by atoms with Gasteiger partial charge in [-0.3, -0.25) is 0 Å². The molecule has 0 amide bonds. The number of halogens is 2. The third-order valence-electron chi connectivity index (χ3n) is 2.10. The lowest BCUT2D eigenvalue weighted by Gasteiger charge is -1.96. The average molecular weight is 252 g/mol. The highest BCUT2D eigenvalue weighted by atomic mass is 35.5. The molecule has 2 rings (SSSR count). The lowest BCUT2D eigenvalue weighted by molar-refractivity contribution is 0.380. The third-order valence-corrected chi connectivity index (χ3v) is 2.39. The molecule has 0 N–H and O–H groups in total. The van der Waals surface area contributed by atoms with E-state index in [1.807, 2.05) is 6.07 Å². The molecule has 0 radical (unpaired) electrons. The van der Waals surface area contributed by atoms with Crippen LogP contribution >= 0.6 is 11.6 Å². The molecule has 6 heteroatoms. The van der Waals surface area contributed by atoms with Gasteiger partial charge in [0.2, 0.25) is 11.7 Å². The van der Waals surface area contributed by atoms with E-state index in [1.165, 1.54) is 18.2 Å². The van der Waals surface area contributed by atoms with Gasteiger partial charge < -0.3 is 4.52 Å². The van der Waals surface area contributed by atoms with Crippen LogP contribution in [0.15, 0.2) is 22.7 Å². The zero-order chi connectivity index (χ0) is 12.3. The summed E-state index contributed by atoms with van der Waals surface area (Å²) in [4.78, 5) is 4.08. The maximum atomic E-state index is 13.0. The number of rotatable bonds is 3. The first-order valence-corrected chi connectivity index (χ1v) is 5.23. The molecule has 0 saturated carbocycles. The van der Waals surface area contributed by atoms with E-state index >= 15 is 0 Å². The first kappa shape index (κ1) is 11.6. The van der Waals surface area contributed by atoms with Crippen LogP contribution in [0.4, 0.5) is 4.39 Å². The van der Waals surface area contributed by atoms with Crippen LogP contribution in [-0.4, -0.2) is 10.1 Å².